The summed E-state index contributed by atoms with van der Waals surface area (Å²) in [5, 5.41) is 9.19. The van der Waals surface area contributed by atoms with E-state index in [2.05, 4.69) is 0 Å². The largest absolute Gasteiger partial charge is 0.481 e. The van der Waals surface area contributed by atoms with E-state index in [1.807, 2.05) is 30.3 Å². The number of ether oxygens (including phenoxy) is 1. The van der Waals surface area contributed by atoms with Gasteiger partial charge in [-0.25, -0.2) is 0 Å². The molecule has 1 aromatic rings. The fourth-order valence-electron chi connectivity index (χ4n) is 2.17. The van der Waals surface area contributed by atoms with E-state index in [4.69, 9.17) is 4.74 Å². The van der Waals surface area contributed by atoms with Gasteiger partial charge < -0.3 is 9.84 Å². The average molecular weight is 260 g/mol. The van der Waals surface area contributed by atoms with Crippen LogP contribution in [0.2, 0.25) is 0 Å². The lowest BCUT2D eigenvalue weighted by molar-refractivity contribution is -0.148. The van der Waals surface area contributed by atoms with Crippen molar-refractivity contribution >= 4 is 11.8 Å². The number of rotatable bonds is 6. The van der Waals surface area contributed by atoms with Crippen LogP contribution < -0.4 is 0 Å². The quantitative estimate of drug-likeness (QED) is 0.850. The fraction of sp³-hybridized carbons (Fsp3) is 0.333. The number of ketones is 1. The molecule has 19 heavy (non-hydrogen) atoms. The average Bonchev–Trinajstić information content (AvgIpc) is 2.82. The second-order valence-electron chi connectivity index (χ2n) is 4.59. The van der Waals surface area contributed by atoms with Crippen LogP contribution in [0.25, 0.3) is 0 Å². The second kappa shape index (κ2) is 6.29. The van der Waals surface area contributed by atoms with Crippen LogP contribution in [0.1, 0.15) is 12.0 Å². The van der Waals surface area contributed by atoms with Gasteiger partial charge in [0.1, 0.15) is 0 Å². The van der Waals surface area contributed by atoms with E-state index in [-0.39, 0.29) is 12.4 Å². The summed E-state index contributed by atoms with van der Waals surface area (Å²) in [6.07, 6.45) is 3.67. The number of benzene rings is 1. The molecule has 2 unspecified atom stereocenters. The van der Waals surface area contributed by atoms with Crippen LogP contribution in [0.5, 0.6) is 0 Å². The van der Waals surface area contributed by atoms with Gasteiger partial charge in [0, 0.05) is 5.92 Å². The van der Waals surface area contributed by atoms with Crippen molar-refractivity contribution in [1.82, 2.24) is 0 Å². The summed E-state index contributed by atoms with van der Waals surface area (Å²) < 4.78 is 5.44. The van der Waals surface area contributed by atoms with Crippen molar-refractivity contribution in [3.05, 3.63) is 48.0 Å². The number of carboxylic acids is 1. The zero-order valence-corrected chi connectivity index (χ0v) is 10.5. The van der Waals surface area contributed by atoms with Crippen molar-refractivity contribution in [3.8, 4) is 0 Å². The van der Waals surface area contributed by atoms with E-state index in [0.717, 1.165) is 5.56 Å². The molecule has 1 aromatic carbocycles. The maximum Gasteiger partial charge on any atom is 0.309 e. The second-order valence-corrected chi connectivity index (χ2v) is 4.59. The number of carboxylic acid groups (broad SMARTS) is 1. The standard InChI is InChI=1S/C15H16O4/c16-14-8-4-7-12(14)13(15(17)18)10-19-9-11-5-2-1-3-6-11/h1-6,8,12-13H,7,9-10H2,(H,17,18). The van der Waals surface area contributed by atoms with Crippen molar-refractivity contribution in [3.63, 3.8) is 0 Å². The predicted molar refractivity (Wildman–Crippen MR) is 69.5 cm³/mol. The summed E-state index contributed by atoms with van der Waals surface area (Å²) in [6, 6.07) is 9.54. The molecule has 0 heterocycles. The Balaban J connectivity index is 1.88. The van der Waals surface area contributed by atoms with Gasteiger partial charge in [-0.15, -0.1) is 0 Å². The van der Waals surface area contributed by atoms with Crippen molar-refractivity contribution in [1.29, 1.82) is 0 Å². The summed E-state index contributed by atoms with van der Waals surface area (Å²) in [5.74, 6) is -2.34. The summed E-state index contributed by atoms with van der Waals surface area (Å²) in [5.41, 5.74) is 0.988. The van der Waals surface area contributed by atoms with Crippen LogP contribution in [0, 0.1) is 11.8 Å². The van der Waals surface area contributed by atoms with Crippen LogP contribution in [0.3, 0.4) is 0 Å². The van der Waals surface area contributed by atoms with Gasteiger partial charge in [0.2, 0.25) is 0 Å². The van der Waals surface area contributed by atoms with Gasteiger partial charge in [-0.2, -0.15) is 0 Å². The molecule has 1 aliphatic rings. The molecule has 0 fully saturated rings. The van der Waals surface area contributed by atoms with Gasteiger partial charge in [0.25, 0.3) is 0 Å². The van der Waals surface area contributed by atoms with Crippen molar-refractivity contribution in [2.75, 3.05) is 6.61 Å². The molecular formula is C15H16O4. The molecule has 1 aliphatic carbocycles. The number of hydrogen-bond acceptors (Lipinski definition) is 3. The van der Waals surface area contributed by atoms with E-state index in [9.17, 15) is 14.7 Å². The molecule has 0 saturated carbocycles. The van der Waals surface area contributed by atoms with Gasteiger partial charge in [0.05, 0.1) is 19.1 Å². The van der Waals surface area contributed by atoms with Gasteiger partial charge in [-0.05, 0) is 18.1 Å². The van der Waals surface area contributed by atoms with E-state index in [1.165, 1.54) is 6.08 Å². The molecule has 4 nitrogen and oxygen atoms in total. The van der Waals surface area contributed by atoms with Crippen molar-refractivity contribution in [2.45, 2.75) is 13.0 Å². The minimum Gasteiger partial charge on any atom is -0.481 e. The zero-order chi connectivity index (χ0) is 13.7. The topological polar surface area (TPSA) is 63.6 Å². The minimum absolute atomic E-state index is 0.0579. The molecule has 0 amide bonds. The first-order valence-electron chi connectivity index (χ1n) is 6.23. The number of aliphatic carboxylic acids is 1. The molecule has 0 saturated heterocycles. The van der Waals surface area contributed by atoms with Crippen LogP contribution in [0.4, 0.5) is 0 Å². The Kier molecular flexibility index (Phi) is 4.47. The van der Waals surface area contributed by atoms with E-state index >= 15 is 0 Å². The highest BCUT2D eigenvalue weighted by Crippen LogP contribution is 2.24. The number of hydrogen-bond donors (Lipinski definition) is 1. The molecule has 2 rings (SSSR count). The highest BCUT2D eigenvalue weighted by Gasteiger charge is 2.34. The lowest BCUT2D eigenvalue weighted by Gasteiger charge is -2.18. The summed E-state index contributed by atoms with van der Waals surface area (Å²) in [6.45, 7) is 0.418. The first-order valence-corrected chi connectivity index (χ1v) is 6.23. The first kappa shape index (κ1) is 13.5. The lowest BCUT2D eigenvalue weighted by Crippen LogP contribution is -2.30. The van der Waals surface area contributed by atoms with Crippen molar-refractivity contribution < 1.29 is 19.4 Å². The highest BCUT2D eigenvalue weighted by molar-refractivity contribution is 5.96. The molecule has 2 atom stereocenters. The Labute approximate surface area is 111 Å². The van der Waals surface area contributed by atoms with E-state index < -0.39 is 17.8 Å². The molecule has 4 heteroatoms. The van der Waals surface area contributed by atoms with Crippen LogP contribution in [-0.2, 0) is 20.9 Å². The monoisotopic (exact) mass is 260 g/mol. The third-order valence-corrected chi connectivity index (χ3v) is 3.25. The Bertz CT molecular complexity index is 478. The molecule has 1 N–H and O–H groups in total. The molecule has 0 radical (unpaired) electrons. The van der Waals surface area contributed by atoms with Gasteiger partial charge >= 0.3 is 5.97 Å². The number of carbonyl (C=O) groups is 2. The Morgan fingerprint density at radius 1 is 1.37 bits per heavy atom. The number of carbonyl (C=O) groups excluding carboxylic acids is 1. The summed E-state index contributed by atoms with van der Waals surface area (Å²) >= 11 is 0. The first-order chi connectivity index (χ1) is 9.18. The molecule has 0 aliphatic heterocycles. The zero-order valence-electron chi connectivity index (χ0n) is 10.5. The Morgan fingerprint density at radius 3 is 2.68 bits per heavy atom. The maximum atomic E-state index is 11.5. The molecular weight excluding hydrogens is 244 g/mol. The smallest absolute Gasteiger partial charge is 0.309 e. The Morgan fingerprint density at radius 2 is 2.11 bits per heavy atom. The van der Waals surface area contributed by atoms with Crippen molar-refractivity contribution in [2.24, 2.45) is 11.8 Å². The Hall–Kier alpha value is -1.94. The maximum absolute atomic E-state index is 11.5. The van der Waals surface area contributed by atoms with Gasteiger partial charge in [-0.3, -0.25) is 9.59 Å². The van der Waals surface area contributed by atoms with E-state index in [1.54, 1.807) is 6.08 Å². The van der Waals surface area contributed by atoms with E-state index in [0.29, 0.717) is 13.0 Å². The van der Waals surface area contributed by atoms with Crippen LogP contribution in [-0.4, -0.2) is 23.5 Å². The molecule has 0 bridgehead atoms. The molecule has 0 spiro atoms. The third kappa shape index (κ3) is 3.51. The lowest BCUT2D eigenvalue weighted by atomic mass is 9.90. The fourth-order valence-corrected chi connectivity index (χ4v) is 2.17. The third-order valence-electron chi connectivity index (χ3n) is 3.25. The molecule has 0 aromatic heterocycles. The van der Waals surface area contributed by atoms with Gasteiger partial charge in [0.15, 0.2) is 5.78 Å². The SMILES string of the molecule is O=C(O)C(COCc1ccccc1)C1CC=CC1=O. The van der Waals surface area contributed by atoms with Gasteiger partial charge in [-0.1, -0.05) is 36.4 Å². The molecule has 100 valence electrons. The summed E-state index contributed by atoms with van der Waals surface area (Å²) in [4.78, 5) is 22.8. The number of allylic oxidation sites excluding steroid dienone is 2. The normalized spacial score (nSPS) is 19.6. The summed E-state index contributed by atoms with van der Waals surface area (Å²) in [7, 11) is 0. The minimum atomic E-state index is -0.977. The van der Waals surface area contributed by atoms with Crippen LogP contribution in [0.15, 0.2) is 42.5 Å². The predicted octanol–water partition coefficient (Wildman–Crippen LogP) is 2.05. The highest BCUT2D eigenvalue weighted by atomic mass is 16.5. The van der Waals surface area contributed by atoms with Crippen LogP contribution >= 0.6 is 0 Å².